The largest absolute Gasteiger partial charge is 0.262 e. The average Bonchev–Trinajstić information content (AvgIpc) is 2.19. The van der Waals surface area contributed by atoms with Gasteiger partial charge in [0.2, 0.25) is 0 Å². The van der Waals surface area contributed by atoms with Gasteiger partial charge in [-0.3, -0.25) is 4.98 Å². The van der Waals surface area contributed by atoms with Gasteiger partial charge in [0.1, 0.15) is 0 Å². The number of hydrogen-bond donors (Lipinski definition) is 0. The quantitative estimate of drug-likeness (QED) is 0.656. The normalized spacial score (nSPS) is 12.0. The number of rotatable bonds is 3. The lowest BCUT2D eigenvalue weighted by Crippen LogP contribution is -1.85. The van der Waals surface area contributed by atoms with Crippen LogP contribution in [0.15, 0.2) is 49.2 Å². The van der Waals surface area contributed by atoms with Crippen molar-refractivity contribution in [3.63, 3.8) is 0 Å². The SMILES string of the molecule is C=C/C=C\C(=C/C)c1ccnc(C)c1. The van der Waals surface area contributed by atoms with Crippen LogP contribution in [0.5, 0.6) is 0 Å². The fourth-order valence-corrected chi connectivity index (χ4v) is 1.26. The molecule has 0 bridgehead atoms. The lowest BCUT2D eigenvalue weighted by Gasteiger charge is -2.01. The van der Waals surface area contributed by atoms with Crippen molar-refractivity contribution in [3.05, 3.63) is 60.5 Å². The predicted molar refractivity (Wildman–Crippen MR) is 62.0 cm³/mol. The zero-order valence-corrected chi connectivity index (χ0v) is 8.70. The second kappa shape index (κ2) is 5.18. The lowest BCUT2D eigenvalue weighted by molar-refractivity contribution is 1.19. The van der Waals surface area contributed by atoms with Gasteiger partial charge in [0.05, 0.1) is 0 Å². The summed E-state index contributed by atoms with van der Waals surface area (Å²) >= 11 is 0. The molecule has 0 aliphatic rings. The third-order valence-corrected chi connectivity index (χ3v) is 1.95. The van der Waals surface area contributed by atoms with Crippen LogP contribution in [0.3, 0.4) is 0 Å². The first-order chi connectivity index (χ1) is 6.77. The molecule has 0 fully saturated rings. The van der Waals surface area contributed by atoms with Crippen LogP contribution >= 0.6 is 0 Å². The molecule has 0 unspecified atom stereocenters. The third kappa shape index (κ3) is 2.70. The number of pyridine rings is 1. The van der Waals surface area contributed by atoms with Crippen LogP contribution in [0, 0.1) is 6.92 Å². The highest BCUT2D eigenvalue weighted by Gasteiger charge is 1.96. The standard InChI is InChI=1S/C13H15N/c1-4-6-7-12(5-2)13-8-9-14-11(3)10-13/h4-10H,1H2,2-3H3/b7-6-,12-5+. The second-order valence-corrected chi connectivity index (χ2v) is 3.02. The summed E-state index contributed by atoms with van der Waals surface area (Å²) in [5.74, 6) is 0. The van der Waals surface area contributed by atoms with Crippen molar-refractivity contribution >= 4 is 5.57 Å². The molecule has 1 nitrogen and oxygen atoms in total. The number of allylic oxidation sites excluding steroid dienone is 5. The van der Waals surface area contributed by atoms with Gasteiger partial charge in [0.25, 0.3) is 0 Å². The number of aryl methyl sites for hydroxylation is 1. The fourth-order valence-electron chi connectivity index (χ4n) is 1.26. The fraction of sp³-hybridized carbons (Fsp3) is 0.154. The van der Waals surface area contributed by atoms with E-state index in [-0.39, 0.29) is 0 Å². The Morgan fingerprint density at radius 3 is 2.86 bits per heavy atom. The van der Waals surface area contributed by atoms with Crippen LogP contribution < -0.4 is 0 Å². The Hall–Kier alpha value is -1.63. The zero-order valence-electron chi connectivity index (χ0n) is 8.70. The molecule has 1 heteroatoms. The Balaban J connectivity index is 3.02. The highest BCUT2D eigenvalue weighted by Crippen LogP contribution is 2.15. The van der Waals surface area contributed by atoms with Crippen molar-refractivity contribution in [2.24, 2.45) is 0 Å². The van der Waals surface area contributed by atoms with E-state index in [2.05, 4.69) is 23.7 Å². The summed E-state index contributed by atoms with van der Waals surface area (Å²) in [6.45, 7) is 7.67. The molecule has 0 saturated carbocycles. The van der Waals surface area contributed by atoms with Gasteiger partial charge in [-0.1, -0.05) is 30.9 Å². The second-order valence-electron chi connectivity index (χ2n) is 3.02. The van der Waals surface area contributed by atoms with E-state index in [0.29, 0.717) is 0 Å². The van der Waals surface area contributed by atoms with Crippen LogP contribution in [0.4, 0.5) is 0 Å². The summed E-state index contributed by atoms with van der Waals surface area (Å²) in [5, 5.41) is 0. The van der Waals surface area contributed by atoms with Crippen molar-refractivity contribution in [3.8, 4) is 0 Å². The minimum Gasteiger partial charge on any atom is -0.262 e. The first-order valence-corrected chi connectivity index (χ1v) is 4.66. The summed E-state index contributed by atoms with van der Waals surface area (Å²) in [7, 11) is 0. The van der Waals surface area contributed by atoms with E-state index in [9.17, 15) is 0 Å². The molecule has 72 valence electrons. The van der Waals surface area contributed by atoms with Gasteiger partial charge in [-0.05, 0) is 37.1 Å². The van der Waals surface area contributed by atoms with Gasteiger partial charge in [0.15, 0.2) is 0 Å². The molecular weight excluding hydrogens is 170 g/mol. The molecule has 0 saturated heterocycles. The molecular formula is C13H15N. The average molecular weight is 185 g/mol. The van der Waals surface area contributed by atoms with Crippen LogP contribution in [-0.2, 0) is 0 Å². The van der Waals surface area contributed by atoms with E-state index in [1.807, 2.05) is 38.3 Å². The van der Waals surface area contributed by atoms with Crippen LogP contribution in [0.2, 0.25) is 0 Å². The van der Waals surface area contributed by atoms with E-state index in [4.69, 9.17) is 0 Å². The molecule has 1 aromatic rings. The van der Waals surface area contributed by atoms with Crippen LogP contribution in [0.1, 0.15) is 18.2 Å². The minimum atomic E-state index is 1.04. The van der Waals surface area contributed by atoms with E-state index in [0.717, 1.165) is 5.69 Å². The molecule has 1 aromatic heterocycles. The topological polar surface area (TPSA) is 12.9 Å². The summed E-state index contributed by atoms with van der Waals surface area (Å²) in [6, 6.07) is 4.08. The molecule has 0 aromatic carbocycles. The Morgan fingerprint density at radius 2 is 2.29 bits per heavy atom. The number of hydrogen-bond acceptors (Lipinski definition) is 1. The van der Waals surface area contributed by atoms with Gasteiger partial charge in [0, 0.05) is 11.9 Å². The monoisotopic (exact) mass is 185 g/mol. The Morgan fingerprint density at radius 1 is 1.50 bits per heavy atom. The Labute approximate surface area is 85.5 Å². The zero-order chi connectivity index (χ0) is 10.4. The molecule has 1 rings (SSSR count). The van der Waals surface area contributed by atoms with Crippen molar-refractivity contribution in [2.45, 2.75) is 13.8 Å². The highest BCUT2D eigenvalue weighted by atomic mass is 14.6. The van der Waals surface area contributed by atoms with Crippen LogP contribution in [-0.4, -0.2) is 4.98 Å². The van der Waals surface area contributed by atoms with Crippen molar-refractivity contribution in [1.82, 2.24) is 4.98 Å². The maximum absolute atomic E-state index is 4.17. The smallest absolute Gasteiger partial charge is 0.0378 e. The summed E-state index contributed by atoms with van der Waals surface area (Å²) in [4.78, 5) is 4.17. The molecule has 0 atom stereocenters. The molecule has 0 radical (unpaired) electrons. The number of nitrogens with zero attached hydrogens (tertiary/aromatic N) is 1. The first kappa shape index (κ1) is 10.5. The van der Waals surface area contributed by atoms with Crippen molar-refractivity contribution in [1.29, 1.82) is 0 Å². The molecule has 0 N–H and O–H groups in total. The first-order valence-electron chi connectivity index (χ1n) is 4.66. The molecule has 0 spiro atoms. The van der Waals surface area contributed by atoms with E-state index in [1.54, 1.807) is 6.08 Å². The molecule has 0 aliphatic heterocycles. The molecule has 0 aliphatic carbocycles. The summed E-state index contributed by atoms with van der Waals surface area (Å²) < 4.78 is 0. The maximum Gasteiger partial charge on any atom is 0.0378 e. The maximum atomic E-state index is 4.17. The van der Waals surface area contributed by atoms with E-state index < -0.39 is 0 Å². The lowest BCUT2D eigenvalue weighted by atomic mass is 10.1. The third-order valence-electron chi connectivity index (χ3n) is 1.95. The van der Waals surface area contributed by atoms with Gasteiger partial charge < -0.3 is 0 Å². The van der Waals surface area contributed by atoms with E-state index >= 15 is 0 Å². The van der Waals surface area contributed by atoms with Crippen molar-refractivity contribution < 1.29 is 0 Å². The predicted octanol–water partition coefficient (Wildman–Crippen LogP) is 3.54. The van der Waals surface area contributed by atoms with E-state index in [1.165, 1.54) is 11.1 Å². The minimum absolute atomic E-state index is 1.04. The Bertz CT molecular complexity index is 373. The van der Waals surface area contributed by atoms with Gasteiger partial charge in [-0.25, -0.2) is 0 Å². The number of aromatic nitrogens is 1. The summed E-state index contributed by atoms with van der Waals surface area (Å²) in [6.07, 6.45) is 9.66. The highest BCUT2D eigenvalue weighted by molar-refractivity contribution is 5.73. The van der Waals surface area contributed by atoms with Crippen molar-refractivity contribution in [2.75, 3.05) is 0 Å². The van der Waals surface area contributed by atoms with Gasteiger partial charge >= 0.3 is 0 Å². The van der Waals surface area contributed by atoms with Gasteiger partial charge in [-0.15, -0.1) is 0 Å². The molecule has 1 heterocycles. The molecule has 0 amide bonds. The molecule has 14 heavy (non-hydrogen) atoms. The van der Waals surface area contributed by atoms with Gasteiger partial charge in [-0.2, -0.15) is 0 Å². The summed E-state index contributed by atoms with van der Waals surface area (Å²) in [5.41, 5.74) is 3.42. The Kier molecular flexibility index (Phi) is 3.86. The van der Waals surface area contributed by atoms with Crippen LogP contribution in [0.25, 0.3) is 5.57 Å².